The van der Waals surface area contributed by atoms with Gasteiger partial charge in [0.05, 0.1) is 35.5 Å². The fourth-order valence-electron chi connectivity index (χ4n) is 5.67. The Bertz CT molecular complexity index is 1640. The molecule has 0 radical (unpaired) electrons. The van der Waals surface area contributed by atoms with Crippen LogP contribution < -0.4 is 4.31 Å². The highest BCUT2D eigenvalue weighted by molar-refractivity contribution is 7.93. The largest absolute Gasteiger partial charge is 0.481 e. The number of carbonyl (C=O) groups excluding carboxylic acids is 1. The molecule has 2 aliphatic rings. The van der Waals surface area contributed by atoms with Crippen molar-refractivity contribution in [3.8, 4) is 0 Å². The molecule has 1 amide bonds. The van der Waals surface area contributed by atoms with Crippen LogP contribution in [0.2, 0.25) is 10.0 Å². The van der Waals surface area contributed by atoms with Crippen LogP contribution in [-0.4, -0.2) is 54.2 Å². The quantitative estimate of drug-likeness (QED) is 0.247. The number of nitrogens with zero attached hydrogens (tertiary/aromatic N) is 2. The minimum atomic E-state index is -3.97. The first-order chi connectivity index (χ1) is 20.9. The standard InChI is InChI=1S/C32H33Cl2FN2O6S/c1-3-24(18-36(44(41,42)25-15-16-25)27-10-5-4-9-26(27)35)37-28(20-11-13-22(33)14-12-20)30(21-7-6-8-23(34)17-21)43-29(31(37)38)19(2)32(39)40/h4-14,17,19,24-25,28-30H,3,15-16,18H2,1-2H3,(H,39,40)/t19-,24+,28-,29+,30-/m1/s1. The highest BCUT2D eigenvalue weighted by Crippen LogP contribution is 2.46. The van der Waals surface area contributed by atoms with Crippen molar-refractivity contribution in [3.05, 3.63) is 99.8 Å². The Morgan fingerprint density at radius 3 is 2.32 bits per heavy atom. The van der Waals surface area contributed by atoms with Gasteiger partial charge in [0.1, 0.15) is 18.0 Å². The Morgan fingerprint density at radius 1 is 1.05 bits per heavy atom. The van der Waals surface area contributed by atoms with Gasteiger partial charge in [-0.15, -0.1) is 0 Å². The van der Waals surface area contributed by atoms with Crippen LogP contribution in [0.15, 0.2) is 72.8 Å². The summed E-state index contributed by atoms with van der Waals surface area (Å²) < 4.78 is 50.1. The van der Waals surface area contributed by atoms with E-state index in [0.29, 0.717) is 34.0 Å². The normalized spacial score (nSPS) is 22.0. The molecule has 44 heavy (non-hydrogen) atoms. The van der Waals surface area contributed by atoms with Crippen LogP contribution >= 0.6 is 23.2 Å². The van der Waals surface area contributed by atoms with Crippen molar-refractivity contribution in [2.24, 2.45) is 5.92 Å². The Labute approximate surface area is 266 Å². The molecule has 3 aromatic carbocycles. The number of benzene rings is 3. The molecule has 1 heterocycles. The lowest BCUT2D eigenvalue weighted by Gasteiger charge is -2.49. The number of hydrogen-bond donors (Lipinski definition) is 1. The van der Waals surface area contributed by atoms with Crippen LogP contribution in [0.1, 0.15) is 56.4 Å². The number of anilines is 1. The maximum atomic E-state index is 15.2. The molecule has 1 aliphatic carbocycles. The fraction of sp³-hybridized carbons (Fsp3) is 0.375. The molecule has 1 N–H and O–H groups in total. The summed E-state index contributed by atoms with van der Waals surface area (Å²) in [7, 11) is -3.97. The summed E-state index contributed by atoms with van der Waals surface area (Å²) in [5.74, 6) is -3.77. The Kier molecular flexibility index (Phi) is 9.55. The topological polar surface area (TPSA) is 104 Å². The van der Waals surface area contributed by atoms with Crippen LogP contribution in [0.5, 0.6) is 0 Å². The van der Waals surface area contributed by atoms with Crippen molar-refractivity contribution in [1.29, 1.82) is 0 Å². The summed E-state index contributed by atoms with van der Waals surface area (Å²) in [6, 6.07) is 17.7. The van der Waals surface area contributed by atoms with Crippen LogP contribution in [0.4, 0.5) is 10.1 Å². The summed E-state index contributed by atoms with van der Waals surface area (Å²) >= 11 is 12.6. The predicted molar refractivity (Wildman–Crippen MR) is 167 cm³/mol. The number of amides is 1. The molecule has 0 spiro atoms. The molecule has 1 saturated carbocycles. The minimum absolute atomic E-state index is 0.108. The number of para-hydroxylation sites is 1. The zero-order chi connectivity index (χ0) is 31.8. The van der Waals surface area contributed by atoms with Crippen LogP contribution in [0.25, 0.3) is 0 Å². The average molecular weight is 664 g/mol. The highest BCUT2D eigenvalue weighted by Gasteiger charge is 2.51. The number of morpholine rings is 1. The van der Waals surface area contributed by atoms with E-state index in [4.69, 9.17) is 27.9 Å². The smallest absolute Gasteiger partial charge is 0.309 e. The Morgan fingerprint density at radius 2 is 1.73 bits per heavy atom. The van der Waals surface area contributed by atoms with Gasteiger partial charge in [-0.2, -0.15) is 0 Å². The lowest BCUT2D eigenvalue weighted by molar-refractivity contribution is -0.190. The number of aliphatic carboxylic acids is 1. The van der Waals surface area contributed by atoms with Crippen LogP contribution in [-0.2, 0) is 24.3 Å². The van der Waals surface area contributed by atoms with Gasteiger partial charge < -0.3 is 14.7 Å². The minimum Gasteiger partial charge on any atom is -0.481 e. The van der Waals surface area contributed by atoms with Gasteiger partial charge in [0.15, 0.2) is 0 Å². The zero-order valence-electron chi connectivity index (χ0n) is 24.1. The Balaban J connectivity index is 1.68. The van der Waals surface area contributed by atoms with Gasteiger partial charge in [-0.1, -0.05) is 66.5 Å². The van der Waals surface area contributed by atoms with Gasteiger partial charge in [0.2, 0.25) is 10.0 Å². The summed E-state index contributed by atoms with van der Waals surface area (Å²) in [6.45, 7) is 2.95. The third-order valence-corrected chi connectivity index (χ3v) is 11.0. The molecule has 0 aromatic heterocycles. The van der Waals surface area contributed by atoms with Gasteiger partial charge in [0, 0.05) is 10.0 Å². The number of halogens is 3. The van der Waals surface area contributed by atoms with E-state index in [2.05, 4.69) is 0 Å². The fourth-order valence-corrected chi connectivity index (χ4v) is 7.89. The second kappa shape index (κ2) is 13.0. The maximum absolute atomic E-state index is 15.2. The Hall–Kier alpha value is -3.18. The summed E-state index contributed by atoms with van der Waals surface area (Å²) in [4.78, 5) is 28.1. The average Bonchev–Trinajstić information content (AvgIpc) is 3.85. The van der Waals surface area contributed by atoms with Crippen LogP contribution in [0, 0.1) is 11.7 Å². The first kappa shape index (κ1) is 32.2. The van der Waals surface area contributed by atoms with Gasteiger partial charge >= 0.3 is 5.97 Å². The highest BCUT2D eigenvalue weighted by atomic mass is 35.5. The molecule has 1 aliphatic heterocycles. The predicted octanol–water partition coefficient (Wildman–Crippen LogP) is 6.64. The third kappa shape index (κ3) is 6.44. The van der Waals surface area contributed by atoms with E-state index >= 15 is 4.39 Å². The molecule has 0 bridgehead atoms. The van der Waals surface area contributed by atoms with Crippen LogP contribution in [0.3, 0.4) is 0 Å². The van der Waals surface area contributed by atoms with E-state index in [1.54, 1.807) is 61.5 Å². The van der Waals surface area contributed by atoms with Crippen molar-refractivity contribution in [2.75, 3.05) is 10.8 Å². The number of carboxylic acids is 1. The summed E-state index contributed by atoms with van der Waals surface area (Å²) in [5.41, 5.74) is 1.13. The van der Waals surface area contributed by atoms with Crippen molar-refractivity contribution in [2.45, 2.75) is 62.7 Å². The number of hydrogen-bond acceptors (Lipinski definition) is 5. The summed E-state index contributed by atoms with van der Waals surface area (Å²) in [5, 5.41) is 10.2. The lowest BCUT2D eigenvalue weighted by Crippen LogP contribution is -2.59. The van der Waals surface area contributed by atoms with E-state index in [-0.39, 0.29) is 18.7 Å². The van der Waals surface area contributed by atoms with Crippen molar-refractivity contribution in [1.82, 2.24) is 4.90 Å². The molecular formula is C32H33Cl2FN2O6S. The molecule has 3 aromatic rings. The zero-order valence-corrected chi connectivity index (χ0v) is 26.5. The number of ether oxygens (including phenoxy) is 1. The van der Waals surface area contributed by atoms with Gasteiger partial charge in [0.25, 0.3) is 5.91 Å². The van der Waals surface area contributed by atoms with E-state index in [9.17, 15) is 23.1 Å². The van der Waals surface area contributed by atoms with Gasteiger partial charge in [-0.05, 0) is 73.7 Å². The van der Waals surface area contributed by atoms with Crippen molar-refractivity contribution < 1.29 is 32.2 Å². The molecule has 5 rings (SSSR count). The number of sulfonamides is 1. The van der Waals surface area contributed by atoms with Gasteiger partial charge in [-0.3, -0.25) is 13.9 Å². The first-order valence-corrected chi connectivity index (χ1v) is 16.7. The SMILES string of the molecule is CC[C@@H](CN(c1ccccc1F)S(=O)(=O)C1CC1)N1C(=O)[C@H]([C@@H](C)C(=O)O)O[C@H](c2cccc(Cl)c2)[C@H]1c1ccc(Cl)cc1. The number of carbonyl (C=O) groups is 2. The van der Waals surface area contributed by atoms with Gasteiger partial charge in [-0.25, -0.2) is 12.8 Å². The second-order valence-corrected chi connectivity index (χ2v) is 14.2. The molecule has 1 saturated heterocycles. The molecular weight excluding hydrogens is 630 g/mol. The molecule has 12 heteroatoms. The summed E-state index contributed by atoms with van der Waals surface area (Å²) in [6.07, 6.45) is -1.07. The first-order valence-electron chi connectivity index (χ1n) is 14.4. The van der Waals surface area contributed by atoms with E-state index in [1.165, 1.54) is 30.0 Å². The van der Waals surface area contributed by atoms with E-state index in [1.807, 2.05) is 0 Å². The number of rotatable bonds is 11. The maximum Gasteiger partial charge on any atom is 0.309 e. The lowest BCUT2D eigenvalue weighted by atomic mass is 9.88. The molecule has 234 valence electrons. The molecule has 8 nitrogen and oxygen atoms in total. The molecule has 5 atom stereocenters. The monoisotopic (exact) mass is 662 g/mol. The van der Waals surface area contributed by atoms with E-state index in [0.717, 1.165) is 4.31 Å². The van der Waals surface area contributed by atoms with E-state index < -0.39 is 63.2 Å². The molecule has 2 fully saturated rings. The molecule has 0 unspecified atom stereocenters. The van der Waals surface area contributed by atoms with Crippen molar-refractivity contribution >= 4 is 50.8 Å². The second-order valence-electron chi connectivity index (χ2n) is 11.2. The van der Waals surface area contributed by atoms with Crippen molar-refractivity contribution in [3.63, 3.8) is 0 Å². The third-order valence-electron chi connectivity index (χ3n) is 8.23. The number of carboxylic acid groups (broad SMARTS) is 1.